The van der Waals surface area contributed by atoms with Crippen LogP contribution >= 0.6 is 11.3 Å². The predicted molar refractivity (Wildman–Crippen MR) is 132 cm³/mol. The Morgan fingerprint density at radius 3 is 2.53 bits per heavy atom. The molecule has 0 fully saturated rings. The third-order valence-corrected chi connectivity index (χ3v) is 6.27. The number of ether oxygens (including phenoxy) is 1. The zero-order valence-corrected chi connectivity index (χ0v) is 20.1. The lowest BCUT2D eigenvalue weighted by molar-refractivity contribution is 0.459. The summed E-state index contributed by atoms with van der Waals surface area (Å²) in [5.41, 5.74) is 2.88. The highest BCUT2D eigenvalue weighted by atomic mass is 32.1. The van der Waals surface area contributed by atoms with Crippen LogP contribution in [0.5, 0.6) is 11.6 Å². The second-order valence-corrected chi connectivity index (χ2v) is 9.18. The highest BCUT2D eigenvalue weighted by molar-refractivity contribution is 7.09. The highest BCUT2D eigenvalue weighted by Crippen LogP contribution is 2.26. The van der Waals surface area contributed by atoms with E-state index in [4.69, 9.17) is 14.8 Å². The van der Waals surface area contributed by atoms with Crippen LogP contribution in [0.2, 0.25) is 0 Å². The Kier molecular flexibility index (Phi) is 6.18. The molecular formula is C25H25N7OS. The molecule has 0 bridgehead atoms. The minimum atomic E-state index is 0.397. The molecule has 0 aliphatic rings. The Bertz CT molecular complexity index is 1350. The van der Waals surface area contributed by atoms with E-state index in [1.54, 1.807) is 34.6 Å². The van der Waals surface area contributed by atoms with Crippen LogP contribution in [-0.2, 0) is 13.1 Å². The van der Waals surface area contributed by atoms with Gasteiger partial charge in [0.05, 0.1) is 31.3 Å². The van der Waals surface area contributed by atoms with Crippen molar-refractivity contribution in [2.75, 3.05) is 0 Å². The first kappa shape index (κ1) is 22.0. The van der Waals surface area contributed by atoms with Crippen molar-refractivity contribution in [3.8, 4) is 34.5 Å². The molecule has 0 spiro atoms. The predicted octanol–water partition coefficient (Wildman–Crippen LogP) is 5.64. The van der Waals surface area contributed by atoms with Crippen molar-refractivity contribution < 1.29 is 4.74 Å². The monoisotopic (exact) mass is 471 g/mol. The van der Waals surface area contributed by atoms with Crippen LogP contribution in [0.25, 0.3) is 22.9 Å². The van der Waals surface area contributed by atoms with E-state index < -0.39 is 0 Å². The second kappa shape index (κ2) is 9.56. The minimum Gasteiger partial charge on any atom is -0.434 e. The van der Waals surface area contributed by atoms with Gasteiger partial charge in [-0.3, -0.25) is 4.68 Å². The van der Waals surface area contributed by atoms with E-state index in [0.29, 0.717) is 41.4 Å². The standard InChI is InChI=1S/C25H25N7OS/c1-4-31-15-20(12-28-31)33-23-14-26-22(13-27-23)25-29-24(19-9-7-18(8-10-19)17(2)3)30-32(25)16-21-6-5-11-34-21/h5-15,17H,4,16H2,1-3H3. The van der Waals surface area contributed by atoms with E-state index in [1.807, 2.05) is 23.9 Å². The first-order chi connectivity index (χ1) is 16.6. The van der Waals surface area contributed by atoms with Gasteiger partial charge in [-0.2, -0.15) is 10.2 Å². The summed E-state index contributed by atoms with van der Waals surface area (Å²) in [5.74, 6) is 2.82. The van der Waals surface area contributed by atoms with Gasteiger partial charge in [-0.05, 0) is 29.9 Å². The molecule has 0 unspecified atom stereocenters. The van der Waals surface area contributed by atoms with Crippen LogP contribution in [0.3, 0.4) is 0 Å². The van der Waals surface area contributed by atoms with Gasteiger partial charge in [0.2, 0.25) is 5.88 Å². The zero-order valence-electron chi connectivity index (χ0n) is 19.3. The fourth-order valence-electron chi connectivity index (χ4n) is 3.51. The summed E-state index contributed by atoms with van der Waals surface area (Å²) in [6.45, 7) is 7.77. The lowest BCUT2D eigenvalue weighted by Gasteiger charge is -2.05. The average molecular weight is 472 g/mol. The molecule has 9 heteroatoms. The van der Waals surface area contributed by atoms with Crippen molar-refractivity contribution in [1.29, 1.82) is 0 Å². The maximum absolute atomic E-state index is 5.77. The number of aromatic nitrogens is 7. The number of nitrogens with zero attached hydrogens (tertiary/aromatic N) is 7. The van der Waals surface area contributed by atoms with E-state index >= 15 is 0 Å². The number of thiophene rings is 1. The van der Waals surface area contributed by atoms with Crippen molar-refractivity contribution >= 4 is 11.3 Å². The summed E-state index contributed by atoms with van der Waals surface area (Å²) >= 11 is 1.69. The molecule has 5 rings (SSSR count). The molecule has 172 valence electrons. The van der Waals surface area contributed by atoms with Crippen LogP contribution < -0.4 is 4.74 Å². The van der Waals surface area contributed by atoms with Gasteiger partial charge >= 0.3 is 0 Å². The molecule has 0 radical (unpaired) electrons. The van der Waals surface area contributed by atoms with Crippen molar-refractivity contribution in [3.63, 3.8) is 0 Å². The molecule has 0 aliphatic carbocycles. The Balaban J connectivity index is 1.45. The maximum Gasteiger partial charge on any atom is 0.238 e. The van der Waals surface area contributed by atoms with Crippen LogP contribution in [0.15, 0.2) is 66.6 Å². The molecule has 5 aromatic rings. The molecule has 8 nitrogen and oxygen atoms in total. The van der Waals surface area contributed by atoms with E-state index in [9.17, 15) is 0 Å². The Labute approximate surface area is 201 Å². The van der Waals surface area contributed by atoms with Gasteiger partial charge < -0.3 is 4.74 Å². The number of hydrogen-bond acceptors (Lipinski definition) is 7. The van der Waals surface area contributed by atoms with Crippen molar-refractivity contribution in [2.45, 2.75) is 39.8 Å². The van der Waals surface area contributed by atoms with E-state index in [0.717, 1.165) is 12.1 Å². The van der Waals surface area contributed by atoms with Gasteiger partial charge in [0, 0.05) is 17.0 Å². The third-order valence-electron chi connectivity index (χ3n) is 5.41. The van der Waals surface area contributed by atoms with Gasteiger partial charge in [-0.1, -0.05) is 44.2 Å². The molecule has 0 aliphatic heterocycles. The molecule has 4 heterocycles. The molecule has 34 heavy (non-hydrogen) atoms. The fraction of sp³-hybridized carbons (Fsp3) is 0.240. The molecule has 0 saturated heterocycles. The fourth-order valence-corrected chi connectivity index (χ4v) is 4.19. The SMILES string of the molecule is CCn1cc(Oc2cnc(-c3nc(-c4ccc(C(C)C)cc4)nn3Cc3cccs3)cn2)cn1. The Morgan fingerprint density at radius 2 is 1.88 bits per heavy atom. The topological polar surface area (TPSA) is 83.5 Å². The zero-order chi connectivity index (χ0) is 23.5. The first-order valence-electron chi connectivity index (χ1n) is 11.2. The number of rotatable bonds is 8. The third kappa shape index (κ3) is 4.74. The van der Waals surface area contributed by atoms with Gasteiger partial charge in [0.15, 0.2) is 17.4 Å². The first-order valence-corrected chi connectivity index (χ1v) is 12.1. The highest BCUT2D eigenvalue weighted by Gasteiger charge is 2.16. The molecular weight excluding hydrogens is 446 g/mol. The van der Waals surface area contributed by atoms with Gasteiger partial charge in [0.25, 0.3) is 0 Å². The molecule has 0 saturated carbocycles. The van der Waals surface area contributed by atoms with Crippen molar-refractivity contribution in [1.82, 2.24) is 34.5 Å². The second-order valence-electron chi connectivity index (χ2n) is 8.15. The number of benzene rings is 1. The maximum atomic E-state index is 5.77. The summed E-state index contributed by atoms with van der Waals surface area (Å²) in [6, 6.07) is 12.5. The number of aryl methyl sites for hydroxylation is 1. The van der Waals surface area contributed by atoms with Crippen LogP contribution in [-0.4, -0.2) is 34.5 Å². The van der Waals surface area contributed by atoms with Crippen LogP contribution in [0.1, 0.15) is 37.1 Å². The lowest BCUT2D eigenvalue weighted by atomic mass is 10.0. The number of hydrogen-bond donors (Lipinski definition) is 0. The molecule has 1 aromatic carbocycles. The summed E-state index contributed by atoms with van der Waals surface area (Å²) in [5, 5.41) is 11.1. The minimum absolute atomic E-state index is 0.397. The van der Waals surface area contributed by atoms with Crippen LogP contribution in [0, 0.1) is 0 Å². The summed E-state index contributed by atoms with van der Waals surface area (Å²) in [4.78, 5) is 15.0. The van der Waals surface area contributed by atoms with Gasteiger partial charge in [-0.25, -0.2) is 19.6 Å². The van der Waals surface area contributed by atoms with Crippen molar-refractivity contribution in [2.24, 2.45) is 0 Å². The molecule has 0 N–H and O–H groups in total. The molecule has 0 atom stereocenters. The van der Waals surface area contributed by atoms with E-state index in [1.165, 1.54) is 10.4 Å². The van der Waals surface area contributed by atoms with E-state index in [2.05, 4.69) is 64.6 Å². The Hall–Kier alpha value is -3.85. The van der Waals surface area contributed by atoms with Crippen molar-refractivity contribution in [3.05, 3.63) is 77.0 Å². The quantitative estimate of drug-likeness (QED) is 0.291. The van der Waals surface area contributed by atoms with Crippen LogP contribution in [0.4, 0.5) is 0 Å². The molecule has 0 amide bonds. The van der Waals surface area contributed by atoms with E-state index in [-0.39, 0.29) is 0 Å². The average Bonchev–Trinajstić information content (AvgIpc) is 3.62. The normalized spacial score (nSPS) is 11.3. The lowest BCUT2D eigenvalue weighted by Crippen LogP contribution is -2.04. The largest absolute Gasteiger partial charge is 0.434 e. The van der Waals surface area contributed by atoms with Gasteiger partial charge in [0.1, 0.15) is 5.69 Å². The summed E-state index contributed by atoms with van der Waals surface area (Å²) in [6.07, 6.45) is 6.75. The van der Waals surface area contributed by atoms with Gasteiger partial charge in [-0.15, -0.1) is 11.3 Å². The Morgan fingerprint density at radius 1 is 1.03 bits per heavy atom. The summed E-state index contributed by atoms with van der Waals surface area (Å²) in [7, 11) is 0. The molecule has 4 aromatic heterocycles. The summed E-state index contributed by atoms with van der Waals surface area (Å²) < 4.78 is 9.45. The smallest absolute Gasteiger partial charge is 0.238 e.